The van der Waals surface area contributed by atoms with Crippen molar-refractivity contribution in [3.05, 3.63) is 65.0 Å². The van der Waals surface area contributed by atoms with Gasteiger partial charge in [0.05, 0.1) is 4.90 Å². The number of benzene rings is 2. The Hall–Kier alpha value is -1.76. The van der Waals surface area contributed by atoms with Crippen LogP contribution >= 0.6 is 0 Å². The van der Waals surface area contributed by atoms with Crippen molar-refractivity contribution in [2.45, 2.75) is 24.9 Å². The largest absolute Gasteiger partial charge is 0.326 e. The summed E-state index contributed by atoms with van der Waals surface area (Å²) in [5, 5.41) is 0. The van der Waals surface area contributed by atoms with Crippen molar-refractivity contribution in [1.82, 2.24) is 4.72 Å². The van der Waals surface area contributed by atoms with Crippen molar-refractivity contribution >= 4 is 10.0 Å². The third-order valence-corrected chi connectivity index (χ3v) is 4.71. The number of halogens is 1. The molecule has 0 unspecified atom stereocenters. The molecule has 0 aliphatic carbocycles. The fourth-order valence-corrected chi connectivity index (χ4v) is 3.18. The molecule has 21 heavy (non-hydrogen) atoms. The predicted molar refractivity (Wildman–Crippen MR) is 79.5 cm³/mol. The zero-order chi connectivity index (χ0) is 15.5. The summed E-state index contributed by atoms with van der Waals surface area (Å²) in [4.78, 5) is -0.0407. The number of hydrogen-bond acceptors (Lipinski definition) is 3. The molecule has 0 aliphatic rings. The van der Waals surface area contributed by atoms with Gasteiger partial charge in [-0.15, -0.1) is 0 Å². The van der Waals surface area contributed by atoms with E-state index in [0.29, 0.717) is 12.1 Å². The van der Waals surface area contributed by atoms with Crippen molar-refractivity contribution in [3.63, 3.8) is 0 Å². The fraction of sp³-hybridized carbons (Fsp3) is 0.200. The minimum atomic E-state index is -3.74. The van der Waals surface area contributed by atoms with Gasteiger partial charge in [-0.25, -0.2) is 17.5 Å². The van der Waals surface area contributed by atoms with E-state index in [2.05, 4.69) is 4.72 Å². The van der Waals surface area contributed by atoms with E-state index in [0.717, 1.165) is 17.2 Å². The number of hydrogen-bond donors (Lipinski definition) is 2. The van der Waals surface area contributed by atoms with Gasteiger partial charge < -0.3 is 5.73 Å². The average molecular weight is 308 g/mol. The van der Waals surface area contributed by atoms with Crippen LogP contribution in [0.15, 0.2) is 47.4 Å². The van der Waals surface area contributed by atoms with Gasteiger partial charge in [0.1, 0.15) is 5.82 Å². The standard InChI is InChI=1S/C15H17FN2O2S/c1-11-2-7-14(16)8-15(11)21(19,20)18-10-13-5-3-12(9-17)4-6-13/h2-8,18H,9-10,17H2,1H3. The summed E-state index contributed by atoms with van der Waals surface area (Å²) in [5.41, 5.74) is 7.79. The van der Waals surface area contributed by atoms with Gasteiger partial charge in [-0.05, 0) is 35.7 Å². The van der Waals surface area contributed by atoms with Gasteiger partial charge >= 0.3 is 0 Å². The summed E-state index contributed by atoms with van der Waals surface area (Å²) in [6, 6.07) is 11.0. The first-order valence-corrected chi connectivity index (χ1v) is 7.94. The Morgan fingerprint density at radius 2 is 1.71 bits per heavy atom. The highest BCUT2D eigenvalue weighted by molar-refractivity contribution is 7.89. The van der Waals surface area contributed by atoms with Crippen molar-refractivity contribution in [3.8, 4) is 0 Å². The van der Waals surface area contributed by atoms with E-state index in [1.165, 1.54) is 12.1 Å². The minimum Gasteiger partial charge on any atom is -0.326 e. The Kier molecular flexibility index (Phi) is 4.72. The predicted octanol–water partition coefficient (Wildman–Crippen LogP) is 2.07. The fourth-order valence-electron chi connectivity index (χ4n) is 1.91. The number of rotatable bonds is 5. The highest BCUT2D eigenvalue weighted by atomic mass is 32.2. The molecule has 0 saturated carbocycles. The quantitative estimate of drug-likeness (QED) is 0.888. The second-order valence-corrected chi connectivity index (χ2v) is 6.49. The van der Waals surface area contributed by atoms with E-state index >= 15 is 0 Å². The summed E-state index contributed by atoms with van der Waals surface area (Å²) < 4.78 is 40.1. The van der Waals surface area contributed by atoms with E-state index < -0.39 is 15.8 Å². The van der Waals surface area contributed by atoms with Crippen LogP contribution in [0.4, 0.5) is 4.39 Å². The molecule has 0 radical (unpaired) electrons. The average Bonchev–Trinajstić information content (AvgIpc) is 2.48. The first kappa shape index (κ1) is 15.6. The molecule has 2 aromatic rings. The second-order valence-electron chi connectivity index (χ2n) is 4.75. The molecule has 0 aliphatic heterocycles. The van der Waals surface area contributed by atoms with Crippen molar-refractivity contribution in [1.29, 1.82) is 0 Å². The second kappa shape index (κ2) is 6.34. The maximum absolute atomic E-state index is 13.2. The lowest BCUT2D eigenvalue weighted by molar-refractivity contribution is 0.576. The normalized spacial score (nSPS) is 11.6. The van der Waals surface area contributed by atoms with Crippen molar-refractivity contribution < 1.29 is 12.8 Å². The molecule has 0 saturated heterocycles. The van der Waals surface area contributed by atoms with Crippen LogP contribution in [0.2, 0.25) is 0 Å². The molecule has 0 fully saturated rings. The third kappa shape index (κ3) is 3.87. The summed E-state index contributed by atoms with van der Waals surface area (Å²) in [7, 11) is -3.74. The number of sulfonamides is 1. The molecule has 112 valence electrons. The maximum Gasteiger partial charge on any atom is 0.241 e. The van der Waals surface area contributed by atoms with Crippen LogP contribution in [0.1, 0.15) is 16.7 Å². The SMILES string of the molecule is Cc1ccc(F)cc1S(=O)(=O)NCc1ccc(CN)cc1. The van der Waals surface area contributed by atoms with Gasteiger partial charge in [-0.2, -0.15) is 0 Å². The summed E-state index contributed by atoms with van der Waals surface area (Å²) in [5.74, 6) is -0.576. The van der Waals surface area contributed by atoms with Crippen molar-refractivity contribution in [2.75, 3.05) is 0 Å². The lowest BCUT2D eigenvalue weighted by Gasteiger charge is -2.10. The van der Waals surface area contributed by atoms with Crippen LogP contribution in [0.3, 0.4) is 0 Å². The molecule has 0 aromatic heterocycles. The molecular weight excluding hydrogens is 291 g/mol. The topological polar surface area (TPSA) is 72.2 Å². The smallest absolute Gasteiger partial charge is 0.241 e. The highest BCUT2D eigenvalue weighted by Crippen LogP contribution is 2.16. The third-order valence-electron chi connectivity index (χ3n) is 3.16. The van der Waals surface area contributed by atoms with E-state index in [1.807, 2.05) is 24.3 Å². The Morgan fingerprint density at radius 3 is 2.33 bits per heavy atom. The molecule has 0 amide bonds. The first-order valence-electron chi connectivity index (χ1n) is 6.46. The van der Waals surface area contributed by atoms with Crippen LogP contribution < -0.4 is 10.5 Å². The van der Waals surface area contributed by atoms with Gasteiger partial charge in [0.25, 0.3) is 0 Å². The molecule has 6 heteroatoms. The van der Waals surface area contributed by atoms with Gasteiger partial charge in [0.2, 0.25) is 10.0 Å². The van der Waals surface area contributed by atoms with Crippen LogP contribution in [0, 0.1) is 12.7 Å². The number of nitrogens with two attached hydrogens (primary N) is 1. The van der Waals surface area contributed by atoms with Crippen LogP contribution in [-0.2, 0) is 23.1 Å². The van der Waals surface area contributed by atoms with E-state index in [1.54, 1.807) is 6.92 Å². The summed E-state index contributed by atoms with van der Waals surface area (Å²) in [6.45, 7) is 2.21. The van der Waals surface area contributed by atoms with Crippen molar-refractivity contribution in [2.24, 2.45) is 5.73 Å². The van der Waals surface area contributed by atoms with Gasteiger partial charge in [0, 0.05) is 13.1 Å². The van der Waals surface area contributed by atoms with Crippen LogP contribution in [-0.4, -0.2) is 8.42 Å². The Bertz CT molecular complexity index is 728. The van der Waals surface area contributed by atoms with Gasteiger partial charge in [-0.1, -0.05) is 30.3 Å². The van der Waals surface area contributed by atoms with Crippen LogP contribution in [0.5, 0.6) is 0 Å². The molecule has 0 bridgehead atoms. The Morgan fingerprint density at radius 1 is 1.10 bits per heavy atom. The number of nitrogens with one attached hydrogen (secondary N) is 1. The summed E-state index contributed by atoms with van der Waals surface area (Å²) in [6.07, 6.45) is 0. The Labute approximate surface area is 123 Å². The lowest BCUT2D eigenvalue weighted by Crippen LogP contribution is -2.24. The van der Waals surface area contributed by atoms with Gasteiger partial charge in [-0.3, -0.25) is 0 Å². The van der Waals surface area contributed by atoms with E-state index in [4.69, 9.17) is 5.73 Å². The maximum atomic E-state index is 13.2. The molecule has 2 rings (SSSR count). The molecule has 2 aromatic carbocycles. The van der Waals surface area contributed by atoms with Crippen LogP contribution in [0.25, 0.3) is 0 Å². The lowest BCUT2D eigenvalue weighted by atomic mass is 10.1. The number of aryl methyl sites for hydroxylation is 1. The first-order chi connectivity index (χ1) is 9.92. The molecule has 3 N–H and O–H groups in total. The van der Waals surface area contributed by atoms with E-state index in [-0.39, 0.29) is 11.4 Å². The van der Waals surface area contributed by atoms with Gasteiger partial charge in [0.15, 0.2) is 0 Å². The Balaban J connectivity index is 2.15. The molecular formula is C15H17FN2O2S. The summed E-state index contributed by atoms with van der Waals surface area (Å²) >= 11 is 0. The minimum absolute atomic E-state index is 0.0407. The zero-order valence-corrected chi connectivity index (χ0v) is 12.5. The molecule has 0 atom stereocenters. The molecule has 0 heterocycles. The molecule has 4 nitrogen and oxygen atoms in total. The highest BCUT2D eigenvalue weighted by Gasteiger charge is 2.17. The molecule has 0 spiro atoms. The van der Waals surface area contributed by atoms with E-state index in [9.17, 15) is 12.8 Å². The zero-order valence-electron chi connectivity index (χ0n) is 11.6. The monoisotopic (exact) mass is 308 g/mol.